The largest absolute Gasteiger partial charge is 0.464 e. The number of carbonyl (C=O) groups is 3. The molecule has 1 fully saturated rings. The number of imide groups is 1. The molecule has 126 valence electrons. The van der Waals surface area contributed by atoms with Crippen LogP contribution < -0.4 is 5.32 Å². The number of esters is 1. The first-order valence-electron chi connectivity index (χ1n) is 7.72. The molecule has 1 saturated heterocycles. The number of nitrogens with zero attached hydrogens (tertiary/aromatic N) is 2. The van der Waals surface area contributed by atoms with Crippen LogP contribution in [-0.2, 0) is 19.9 Å². The van der Waals surface area contributed by atoms with Gasteiger partial charge >= 0.3 is 12.0 Å². The molecular weight excluding hydrogens is 310 g/mol. The van der Waals surface area contributed by atoms with E-state index < -0.39 is 30.0 Å². The molecule has 0 radical (unpaired) electrons. The van der Waals surface area contributed by atoms with Gasteiger partial charge in [-0.15, -0.1) is 0 Å². The van der Waals surface area contributed by atoms with Crippen LogP contribution in [0.3, 0.4) is 0 Å². The Morgan fingerprint density at radius 2 is 2.17 bits per heavy atom. The second-order valence-corrected chi connectivity index (χ2v) is 5.71. The van der Waals surface area contributed by atoms with Crippen LogP contribution in [0.2, 0.25) is 0 Å². The van der Waals surface area contributed by atoms with Crippen LogP contribution >= 0.6 is 0 Å². The van der Waals surface area contributed by atoms with Gasteiger partial charge in [-0.3, -0.25) is 14.5 Å². The smallest absolute Gasteiger partial charge is 0.326 e. The fourth-order valence-corrected chi connectivity index (χ4v) is 2.44. The summed E-state index contributed by atoms with van der Waals surface area (Å²) in [5.74, 6) is -1.17. The van der Waals surface area contributed by atoms with E-state index in [9.17, 15) is 14.4 Å². The molecule has 0 bridgehead atoms. The van der Waals surface area contributed by atoms with Crippen LogP contribution in [0, 0.1) is 11.3 Å². The average Bonchev–Trinajstić information content (AvgIpc) is 2.79. The maximum absolute atomic E-state index is 12.7. The number of ether oxygens (including phenoxy) is 1. The zero-order chi connectivity index (χ0) is 17.7. The Kier molecular flexibility index (Phi) is 5.19. The highest BCUT2D eigenvalue weighted by atomic mass is 16.5. The minimum absolute atomic E-state index is 0.264. The lowest BCUT2D eigenvalue weighted by atomic mass is 9.91. The number of hydrogen-bond donors (Lipinski definition) is 1. The predicted molar refractivity (Wildman–Crippen MR) is 84.6 cm³/mol. The fourth-order valence-electron chi connectivity index (χ4n) is 2.44. The first-order valence-corrected chi connectivity index (χ1v) is 7.72. The second-order valence-electron chi connectivity index (χ2n) is 5.71. The molecule has 1 aliphatic heterocycles. The zero-order valence-electron chi connectivity index (χ0n) is 13.7. The van der Waals surface area contributed by atoms with E-state index in [-0.39, 0.29) is 6.61 Å². The molecular formula is C17H19N3O4. The number of carbonyl (C=O) groups excluding carboxylic acids is 3. The maximum Gasteiger partial charge on any atom is 0.326 e. The van der Waals surface area contributed by atoms with Gasteiger partial charge in [0.15, 0.2) is 0 Å². The van der Waals surface area contributed by atoms with Crippen LogP contribution in [0.15, 0.2) is 24.3 Å². The van der Waals surface area contributed by atoms with Crippen molar-refractivity contribution in [1.29, 1.82) is 5.26 Å². The summed E-state index contributed by atoms with van der Waals surface area (Å²) in [4.78, 5) is 37.4. The molecule has 3 amide bonds. The predicted octanol–water partition coefficient (Wildman–Crippen LogP) is 1.67. The Morgan fingerprint density at radius 3 is 2.83 bits per heavy atom. The van der Waals surface area contributed by atoms with Gasteiger partial charge in [0.05, 0.1) is 18.2 Å². The van der Waals surface area contributed by atoms with Crippen molar-refractivity contribution in [2.45, 2.75) is 32.2 Å². The topological polar surface area (TPSA) is 99.5 Å². The summed E-state index contributed by atoms with van der Waals surface area (Å²) in [5, 5.41) is 11.6. The number of nitrogens with one attached hydrogen (secondary N) is 1. The molecule has 7 nitrogen and oxygen atoms in total. The summed E-state index contributed by atoms with van der Waals surface area (Å²) < 4.78 is 5.00. The van der Waals surface area contributed by atoms with Crippen molar-refractivity contribution in [3.05, 3.63) is 35.4 Å². The molecule has 1 aromatic carbocycles. The minimum atomic E-state index is -1.31. The summed E-state index contributed by atoms with van der Waals surface area (Å²) in [6.07, 6.45) is 1.61. The summed E-state index contributed by atoms with van der Waals surface area (Å²) in [6.45, 7) is 3.35. The van der Waals surface area contributed by atoms with Crippen molar-refractivity contribution in [1.82, 2.24) is 10.2 Å². The minimum Gasteiger partial charge on any atom is -0.464 e. The van der Waals surface area contributed by atoms with Crippen LogP contribution in [0.25, 0.3) is 0 Å². The Labute approximate surface area is 140 Å². The molecule has 24 heavy (non-hydrogen) atoms. The lowest BCUT2D eigenvalue weighted by Gasteiger charge is -2.22. The first kappa shape index (κ1) is 17.5. The summed E-state index contributed by atoms with van der Waals surface area (Å²) in [5.41, 5.74) is -0.442. The Morgan fingerprint density at radius 1 is 1.42 bits per heavy atom. The fraction of sp³-hybridized carbons (Fsp3) is 0.412. The first-order chi connectivity index (χ1) is 11.4. The molecule has 7 heteroatoms. The van der Waals surface area contributed by atoms with Gasteiger partial charge in [-0.05, 0) is 31.0 Å². The number of urea groups is 1. The van der Waals surface area contributed by atoms with E-state index in [4.69, 9.17) is 10.00 Å². The standard InChI is InChI=1S/C17H19N3O4/c1-3-4-8-24-14(21)11-20-15(22)17(2,19-16(20)23)13-7-5-6-12(9-13)10-18/h5-7,9H,3-4,8,11H2,1-2H3,(H,19,23)/t17-/m0/s1. The van der Waals surface area contributed by atoms with E-state index in [1.54, 1.807) is 31.2 Å². The molecule has 0 aromatic heterocycles. The molecule has 2 rings (SSSR count). The van der Waals surface area contributed by atoms with Crippen LogP contribution in [0.5, 0.6) is 0 Å². The number of nitriles is 1. The van der Waals surface area contributed by atoms with E-state index in [1.807, 2.05) is 13.0 Å². The zero-order valence-corrected chi connectivity index (χ0v) is 13.7. The van der Waals surface area contributed by atoms with Crippen LogP contribution in [-0.4, -0.2) is 36.0 Å². The van der Waals surface area contributed by atoms with Gasteiger partial charge in [-0.2, -0.15) is 5.26 Å². The van der Waals surface area contributed by atoms with Gasteiger partial charge in [-0.1, -0.05) is 25.5 Å². The van der Waals surface area contributed by atoms with Gasteiger partial charge in [0.1, 0.15) is 12.1 Å². The van der Waals surface area contributed by atoms with Crippen molar-refractivity contribution < 1.29 is 19.1 Å². The van der Waals surface area contributed by atoms with E-state index in [0.29, 0.717) is 11.1 Å². The van der Waals surface area contributed by atoms with Crippen molar-refractivity contribution in [2.75, 3.05) is 13.2 Å². The van der Waals surface area contributed by atoms with Crippen LogP contribution in [0.4, 0.5) is 4.79 Å². The molecule has 1 aliphatic rings. The van der Waals surface area contributed by atoms with Crippen molar-refractivity contribution in [2.24, 2.45) is 0 Å². The number of amides is 3. The molecule has 1 heterocycles. The molecule has 0 aliphatic carbocycles. The Balaban J connectivity index is 2.15. The van der Waals surface area contributed by atoms with Crippen molar-refractivity contribution in [3.8, 4) is 6.07 Å². The van der Waals surface area contributed by atoms with E-state index in [2.05, 4.69) is 5.32 Å². The third-order valence-corrected chi connectivity index (χ3v) is 3.89. The highest BCUT2D eigenvalue weighted by molar-refractivity contribution is 6.08. The molecule has 1 aromatic rings. The summed E-state index contributed by atoms with van der Waals surface area (Å²) in [6, 6.07) is 7.78. The Hall–Kier alpha value is -2.88. The SMILES string of the molecule is CCCCOC(=O)CN1C(=O)N[C@@](C)(c2cccc(C#N)c2)C1=O. The monoisotopic (exact) mass is 329 g/mol. The highest BCUT2D eigenvalue weighted by Crippen LogP contribution is 2.29. The average molecular weight is 329 g/mol. The molecule has 1 atom stereocenters. The number of benzene rings is 1. The van der Waals surface area contributed by atoms with Crippen LogP contribution in [0.1, 0.15) is 37.8 Å². The molecule has 0 unspecified atom stereocenters. The normalized spacial score (nSPS) is 19.8. The second kappa shape index (κ2) is 7.13. The lowest BCUT2D eigenvalue weighted by molar-refractivity contribution is -0.147. The van der Waals surface area contributed by atoms with Gasteiger partial charge < -0.3 is 10.1 Å². The molecule has 0 saturated carbocycles. The third-order valence-electron chi connectivity index (χ3n) is 3.89. The molecule has 0 spiro atoms. The number of unbranched alkanes of at least 4 members (excludes halogenated alkanes) is 1. The summed E-state index contributed by atoms with van der Waals surface area (Å²) in [7, 11) is 0. The quantitative estimate of drug-likeness (QED) is 0.486. The van der Waals surface area contributed by atoms with Gasteiger partial charge in [0.25, 0.3) is 5.91 Å². The van der Waals surface area contributed by atoms with Crippen molar-refractivity contribution in [3.63, 3.8) is 0 Å². The highest BCUT2D eigenvalue weighted by Gasteiger charge is 2.49. The van der Waals surface area contributed by atoms with E-state index in [1.165, 1.54) is 0 Å². The number of rotatable bonds is 6. The van der Waals surface area contributed by atoms with Crippen molar-refractivity contribution >= 4 is 17.9 Å². The van der Waals surface area contributed by atoms with Gasteiger partial charge in [0.2, 0.25) is 0 Å². The summed E-state index contributed by atoms with van der Waals surface area (Å²) >= 11 is 0. The Bertz CT molecular complexity index is 710. The van der Waals surface area contributed by atoms with E-state index >= 15 is 0 Å². The third kappa shape index (κ3) is 3.38. The van der Waals surface area contributed by atoms with E-state index in [0.717, 1.165) is 17.7 Å². The number of hydrogen-bond acceptors (Lipinski definition) is 5. The molecule has 1 N–H and O–H groups in total. The maximum atomic E-state index is 12.7. The van der Waals surface area contributed by atoms with Gasteiger partial charge in [0, 0.05) is 0 Å². The van der Waals surface area contributed by atoms with Gasteiger partial charge in [-0.25, -0.2) is 4.79 Å². The lowest BCUT2D eigenvalue weighted by Crippen LogP contribution is -2.41.